The summed E-state index contributed by atoms with van der Waals surface area (Å²) in [4.78, 5) is 12.9. The minimum absolute atomic E-state index is 0.0258. The first-order valence-electron chi connectivity index (χ1n) is 11.2. The molecule has 4 aromatic carbocycles. The maximum absolute atomic E-state index is 13.5. The van der Waals surface area contributed by atoms with Crippen molar-refractivity contribution in [2.45, 2.75) is 9.79 Å². The molecule has 39 heavy (non-hydrogen) atoms. The Morgan fingerprint density at radius 3 is 1.92 bits per heavy atom. The van der Waals surface area contributed by atoms with Crippen LogP contribution in [0.1, 0.15) is 0 Å². The maximum Gasteiger partial charge on any atom is 0.264 e. The molecule has 4 aromatic rings. The minimum Gasteiger partial charge on any atom is -0.325 e. The number of nitrogens with one attached hydrogen (secondary N) is 2. The minimum atomic E-state index is -4.21. The van der Waals surface area contributed by atoms with Gasteiger partial charge in [0.05, 0.1) is 20.5 Å². The van der Waals surface area contributed by atoms with E-state index in [1.807, 2.05) is 0 Å². The smallest absolute Gasteiger partial charge is 0.264 e. The standard InChI is InChI=1S/C26H20Cl3N3O5S2/c27-18-6-9-21(10-7-18)31-38(34,35)22-13-11-20(12-14-22)30-26(33)17-32(25-16-19(28)8-15-24(25)29)39(36,37)23-4-2-1-3-5-23/h1-16,31H,17H2,(H,30,33). The number of hydrogen-bond donors (Lipinski definition) is 2. The first kappa shape index (κ1) is 28.7. The second-order valence-electron chi connectivity index (χ2n) is 8.11. The van der Waals surface area contributed by atoms with Gasteiger partial charge in [-0.15, -0.1) is 0 Å². The fraction of sp³-hybridized carbons (Fsp3) is 0.0385. The Kier molecular flexibility index (Phi) is 8.73. The van der Waals surface area contributed by atoms with Crippen molar-refractivity contribution in [3.63, 3.8) is 0 Å². The van der Waals surface area contributed by atoms with Gasteiger partial charge in [0, 0.05) is 21.4 Å². The Balaban J connectivity index is 1.55. The van der Waals surface area contributed by atoms with Gasteiger partial charge in [-0.2, -0.15) is 0 Å². The third kappa shape index (κ3) is 7.03. The van der Waals surface area contributed by atoms with Crippen LogP contribution in [0.2, 0.25) is 15.1 Å². The summed E-state index contributed by atoms with van der Waals surface area (Å²) in [6, 6.07) is 23.4. The van der Waals surface area contributed by atoms with Gasteiger partial charge in [-0.25, -0.2) is 16.8 Å². The Labute approximate surface area is 241 Å². The van der Waals surface area contributed by atoms with Gasteiger partial charge in [0.15, 0.2) is 0 Å². The van der Waals surface area contributed by atoms with Crippen molar-refractivity contribution in [3.05, 3.63) is 112 Å². The van der Waals surface area contributed by atoms with Crippen LogP contribution in [0, 0.1) is 0 Å². The second-order valence-corrected chi connectivity index (χ2v) is 12.9. The first-order valence-corrected chi connectivity index (χ1v) is 15.2. The van der Waals surface area contributed by atoms with Gasteiger partial charge < -0.3 is 5.32 Å². The predicted octanol–water partition coefficient (Wildman–Crippen LogP) is 6.28. The highest BCUT2D eigenvalue weighted by atomic mass is 35.5. The molecule has 2 N–H and O–H groups in total. The van der Waals surface area contributed by atoms with Gasteiger partial charge in [-0.1, -0.05) is 53.0 Å². The number of carbonyl (C=O) groups excluding carboxylic acids is 1. The molecule has 13 heteroatoms. The van der Waals surface area contributed by atoms with Crippen molar-refractivity contribution < 1.29 is 21.6 Å². The van der Waals surface area contributed by atoms with Crippen molar-refractivity contribution in [1.82, 2.24) is 0 Å². The molecule has 0 radical (unpaired) electrons. The molecule has 0 spiro atoms. The number of halogens is 3. The zero-order valence-corrected chi connectivity index (χ0v) is 23.8. The van der Waals surface area contributed by atoms with Crippen LogP contribution in [-0.2, 0) is 24.8 Å². The lowest BCUT2D eigenvalue weighted by Crippen LogP contribution is -2.38. The molecule has 0 aliphatic heterocycles. The number of rotatable bonds is 9. The Morgan fingerprint density at radius 2 is 1.28 bits per heavy atom. The monoisotopic (exact) mass is 623 g/mol. The summed E-state index contributed by atoms with van der Waals surface area (Å²) in [5, 5.41) is 3.35. The van der Waals surface area contributed by atoms with E-state index in [0.29, 0.717) is 10.7 Å². The number of nitrogens with zero attached hydrogens (tertiary/aromatic N) is 1. The Hall–Kier alpha value is -3.28. The van der Waals surface area contributed by atoms with E-state index in [1.54, 1.807) is 30.3 Å². The predicted molar refractivity (Wildman–Crippen MR) is 155 cm³/mol. The molecule has 202 valence electrons. The Morgan fingerprint density at radius 1 is 0.692 bits per heavy atom. The van der Waals surface area contributed by atoms with E-state index in [1.165, 1.54) is 66.7 Å². The zero-order chi connectivity index (χ0) is 28.2. The summed E-state index contributed by atoms with van der Waals surface area (Å²) < 4.78 is 55.6. The highest BCUT2D eigenvalue weighted by molar-refractivity contribution is 7.93. The van der Waals surface area contributed by atoms with Crippen LogP contribution in [0.25, 0.3) is 0 Å². The summed E-state index contributed by atoms with van der Waals surface area (Å²) in [7, 11) is -8.11. The van der Waals surface area contributed by atoms with Crippen LogP contribution in [0.4, 0.5) is 17.1 Å². The van der Waals surface area contributed by atoms with E-state index < -0.39 is 32.5 Å². The fourth-order valence-electron chi connectivity index (χ4n) is 3.48. The first-order chi connectivity index (χ1) is 18.5. The third-order valence-corrected chi connectivity index (χ3v) is 9.32. The summed E-state index contributed by atoms with van der Waals surface area (Å²) in [6.45, 7) is -0.630. The lowest BCUT2D eigenvalue weighted by Gasteiger charge is -2.25. The fourth-order valence-corrected chi connectivity index (χ4v) is 6.55. The molecule has 0 aromatic heterocycles. The largest absolute Gasteiger partial charge is 0.325 e. The van der Waals surface area contributed by atoms with E-state index in [-0.39, 0.29) is 31.2 Å². The van der Waals surface area contributed by atoms with E-state index in [2.05, 4.69) is 10.0 Å². The van der Waals surface area contributed by atoms with Gasteiger partial charge in [0.25, 0.3) is 20.0 Å². The van der Waals surface area contributed by atoms with Crippen LogP contribution in [0.5, 0.6) is 0 Å². The van der Waals surface area contributed by atoms with Crippen LogP contribution < -0.4 is 14.3 Å². The molecular weight excluding hydrogens is 605 g/mol. The van der Waals surface area contributed by atoms with Crippen molar-refractivity contribution in [1.29, 1.82) is 0 Å². The highest BCUT2D eigenvalue weighted by Crippen LogP contribution is 2.33. The van der Waals surface area contributed by atoms with Crippen molar-refractivity contribution >= 4 is 77.8 Å². The number of carbonyl (C=O) groups is 1. The molecule has 0 saturated heterocycles. The highest BCUT2D eigenvalue weighted by Gasteiger charge is 2.29. The van der Waals surface area contributed by atoms with Gasteiger partial charge in [0.2, 0.25) is 5.91 Å². The molecule has 0 heterocycles. The topological polar surface area (TPSA) is 113 Å². The van der Waals surface area contributed by atoms with Crippen LogP contribution in [0.15, 0.2) is 107 Å². The lowest BCUT2D eigenvalue weighted by atomic mass is 10.3. The zero-order valence-electron chi connectivity index (χ0n) is 19.9. The van der Waals surface area contributed by atoms with Gasteiger partial charge in [-0.05, 0) is 78.9 Å². The molecule has 1 amide bonds. The SMILES string of the molecule is O=C(CN(c1cc(Cl)ccc1Cl)S(=O)(=O)c1ccccc1)Nc1ccc(S(=O)(=O)Nc2ccc(Cl)cc2)cc1. The number of benzene rings is 4. The number of hydrogen-bond acceptors (Lipinski definition) is 5. The average molecular weight is 625 g/mol. The summed E-state index contributed by atoms with van der Waals surface area (Å²) >= 11 is 18.2. The van der Waals surface area contributed by atoms with E-state index in [0.717, 1.165) is 4.31 Å². The molecular formula is C26H20Cl3N3O5S2. The van der Waals surface area contributed by atoms with Crippen molar-refractivity contribution in [2.24, 2.45) is 0 Å². The van der Waals surface area contributed by atoms with E-state index in [9.17, 15) is 21.6 Å². The quantitative estimate of drug-likeness (QED) is 0.228. The maximum atomic E-state index is 13.5. The molecule has 0 saturated carbocycles. The summed E-state index contributed by atoms with van der Waals surface area (Å²) in [5.74, 6) is -0.694. The molecule has 0 unspecified atom stereocenters. The van der Waals surface area contributed by atoms with Gasteiger partial charge in [-0.3, -0.25) is 13.8 Å². The summed E-state index contributed by atoms with van der Waals surface area (Å²) in [6.07, 6.45) is 0. The lowest BCUT2D eigenvalue weighted by molar-refractivity contribution is -0.114. The molecule has 8 nitrogen and oxygen atoms in total. The second kappa shape index (κ2) is 11.8. The van der Waals surface area contributed by atoms with Gasteiger partial charge >= 0.3 is 0 Å². The average Bonchev–Trinajstić information content (AvgIpc) is 2.91. The normalized spacial score (nSPS) is 11.6. The molecule has 0 fully saturated rings. The van der Waals surface area contributed by atoms with E-state index >= 15 is 0 Å². The molecule has 0 atom stereocenters. The molecule has 0 aliphatic rings. The number of sulfonamides is 2. The number of anilines is 3. The van der Waals surface area contributed by atoms with Gasteiger partial charge in [0.1, 0.15) is 6.54 Å². The molecule has 0 aliphatic carbocycles. The van der Waals surface area contributed by atoms with Crippen molar-refractivity contribution in [3.8, 4) is 0 Å². The van der Waals surface area contributed by atoms with Crippen LogP contribution in [-0.4, -0.2) is 29.3 Å². The third-order valence-electron chi connectivity index (χ3n) is 5.34. The van der Waals surface area contributed by atoms with Crippen LogP contribution >= 0.6 is 34.8 Å². The molecule has 4 rings (SSSR count). The Bertz CT molecular complexity index is 1700. The molecule has 0 bridgehead atoms. The van der Waals surface area contributed by atoms with Crippen molar-refractivity contribution in [2.75, 3.05) is 20.9 Å². The summed E-state index contributed by atoms with van der Waals surface area (Å²) in [5.41, 5.74) is 0.605. The van der Waals surface area contributed by atoms with E-state index in [4.69, 9.17) is 34.8 Å². The number of amides is 1. The van der Waals surface area contributed by atoms with Crippen LogP contribution in [0.3, 0.4) is 0 Å².